The lowest BCUT2D eigenvalue weighted by Crippen LogP contribution is -2.07. The molecule has 0 heterocycles. The second-order valence-corrected chi connectivity index (χ2v) is 6.26. The molecule has 2 aromatic rings. The van der Waals surface area contributed by atoms with Gasteiger partial charge in [-0.3, -0.25) is 4.79 Å². The number of hydrogen-bond acceptors (Lipinski definition) is 3. The minimum atomic E-state index is -0.886. The third kappa shape index (κ3) is 4.90. The third-order valence-electron chi connectivity index (χ3n) is 3.52. The number of halogens is 1. The van der Waals surface area contributed by atoms with Crippen LogP contribution in [0.15, 0.2) is 42.5 Å². The Balaban J connectivity index is 2.00. The van der Waals surface area contributed by atoms with Crippen LogP contribution in [0.4, 0.5) is 0 Å². The number of hydrogen-bond donors (Lipinski definition) is 1. The van der Waals surface area contributed by atoms with Gasteiger partial charge in [-0.15, -0.1) is 0 Å². The smallest absolute Gasteiger partial charge is 0.310 e. The molecule has 4 nitrogen and oxygen atoms in total. The highest BCUT2D eigenvalue weighted by Crippen LogP contribution is 2.29. The van der Waals surface area contributed by atoms with Crippen LogP contribution in [0.3, 0.4) is 0 Å². The summed E-state index contributed by atoms with van der Waals surface area (Å²) in [5, 5.41) is 9.44. The molecule has 0 amide bonds. The average Bonchev–Trinajstić information content (AvgIpc) is 2.53. The Morgan fingerprint density at radius 3 is 2.33 bits per heavy atom. The van der Waals surface area contributed by atoms with Crippen molar-refractivity contribution >= 4 is 17.6 Å². The number of carbonyl (C=O) groups is 1. The Morgan fingerprint density at radius 2 is 1.79 bits per heavy atom. The summed E-state index contributed by atoms with van der Waals surface area (Å²) in [7, 11) is 0. The minimum absolute atomic E-state index is 0.137. The van der Waals surface area contributed by atoms with E-state index in [-0.39, 0.29) is 6.10 Å². The van der Waals surface area contributed by atoms with E-state index in [0.717, 1.165) is 11.3 Å². The van der Waals surface area contributed by atoms with Gasteiger partial charge in [0.1, 0.15) is 18.1 Å². The third-order valence-corrected chi connectivity index (χ3v) is 3.81. The second kappa shape index (κ2) is 8.06. The van der Waals surface area contributed by atoms with E-state index in [2.05, 4.69) is 0 Å². The van der Waals surface area contributed by atoms with E-state index < -0.39 is 11.9 Å². The van der Waals surface area contributed by atoms with Gasteiger partial charge >= 0.3 is 5.97 Å². The summed E-state index contributed by atoms with van der Waals surface area (Å²) in [6.45, 7) is 5.95. The molecule has 0 spiro atoms. The quantitative estimate of drug-likeness (QED) is 0.773. The van der Waals surface area contributed by atoms with Crippen molar-refractivity contribution in [2.75, 3.05) is 0 Å². The second-order valence-electron chi connectivity index (χ2n) is 5.85. The molecule has 0 aliphatic rings. The molecule has 0 fully saturated rings. The lowest BCUT2D eigenvalue weighted by Gasteiger charge is -2.12. The highest BCUT2D eigenvalue weighted by molar-refractivity contribution is 6.32. The maximum absolute atomic E-state index is 11.0. The van der Waals surface area contributed by atoms with Crippen LogP contribution >= 0.6 is 11.6 Å². The summed E-state index contributed by atoms with van der Waals surface area (Å²) in [4.78, 5) is 11.0. The normalized spacial score (nSPS) is 12.0. The first kappa shape index (κ1) is 18.1. The summed E-state index contributed by atoms with van der Waals surface area (Å²) >= 11 is 6.19. The molecule has 0 radical (unpaired) electrons. The van der Waals surface area contributed by atoms with Crippen LogP contribution in [0, 0.1) is 0 Å². The molecule has 2 rings (SSSR count). The highest BCUT2D eigenvalue weighted by atomic mass is 35.5. The van der Waals surface area contributed by atoms with Crippen LogP contribution in [0.5, 0.6) is 11.5 Å². The van der Waals surface area contributed by atoms with Crippen molar-refractivity contribution in [2.24, 2.45) is 0 Å². The zero-order valence-corrected chi connectivity index (χ0v) is 14.7. The molecule has 1 unspecified atom stereocenters. The first-order chi connectivity index (χ1) is 11.4. The van der Waals surface area contributed by atoms with Gasteiger partial charge in [-0.2, -0.15) is 0 Å². The van der Waals surface area contributed by atoms with Crippen molar-refractivity contribution in [1.82, 2.24) is 0 Å². The van der Waals surface area contributed by atoms with Crippen molar-refractivity contribution in [3.05, 3.63) is 58.6 Å². The maximum Gasteiger partial charge on any atom is 0.310 e. The summed E-state index contributed by atoms with van der Waals surface area (Å²) in [6, 6.07) is 12.7. The number of rotatable bonds is 7. The van der Waals surface area contributed by atoms with E-state index in [1.807, 2.05) is 38.1 Å². The van der Waals surface area contributed by atoms with E-state index in [0.29, 0.717) is 22.9 Å². The Labute approximate surface area is 147 Å². The molecular weight excluding hydrogens is 328 g/mol. The van der Waals surface area contributed by atoms with Crippen LogP contribution in [0.1, 0.15) is 37.8 Å². The van der Waals surface area contributed by atoms with Gasteiger partial charge in [0, 0.05) is 0 Å². The van der Waals surface area contributed by atoms with Crippen molar-refractivity contribution in [3.63, 3.8) is 0 Å². The molecule has 2 aromatic carbocycles. The SMILES string of the molecule is CC(C)Oc1ccc(COc2ccc(C(C)C(=O)O)cc2Cl)cc1. The molecule has 1 N–H and O–H groups in total. The van der Waals surface area contributed by atoms with Crippen molar-refractivity contribution < 1.29 is 19.4 Å². The highest BCUT2D eigenvalue weighted by Gasteiger charge is 2.15. The van der Waals surface area contributed by atoms with Gasteiger partial charge in [-0.1, -0.05) is 29.8 Å². The molecule has 0 saturated heterocycles. The van der Waals surface area contributed by atoms with Gasteiger partial charge in [0.25, 0.3) is 0 Å². The summed E-state index contributed by atoms with van der Waals surface area (Å²) in [5.41, 5.74) is 1.64. The Hall–Kier alpha value is -2.20. The lowest BCUT2D eigenvalue weighted by atomic mass is 10.0. The molecule has 0 saturated carbocycles. The van der Waals surface area contributed by atoms with Crippen LogP contribution in [0.25, 0.3) is 0 Å². The van der Waals surface area contributed by atoms with E-state index in [1.165, 1.54) is 0 Å². The fourth-order valence-corrected chi connectivity index (χ4v) is 2.39. The largest absolute Gasteiger partial charge is 0.491 e. The summed E-state index contributed by atoms with van der Waals surface area (Å²) in [5.74, 6) is -0.146. The molecule has 128 valence electrons. The lowest BCUT2D eigenvalue weighted by molar-refractivity contribution is -0.138. The zero-order chi connectivity index (χ0) is 17.7. The first-order valence-corrected chi connectivity index (χ1v) is 8.15. The summed E-state index contributed by atoms with van der Waals surface area (Å²) in [6.07, 6.45) is 0.137. The Morgan fingerprint density at radius 1 is 1.12 bits per heavy atom. The number of aliphatic carboxylic acids is 1. The van der Waals surface area contributed by atoms with E-state index >= 15 is 0 Å². The molecular formula is C19H21ClO4. The maximum atomic E-state index is 11.0. The van der Waals surface area contributed by atoms with Gasteiger partial charge < -0.3 is 14.6 Å². The first-order valence-electron chi connectivity index (χ1n) is 7.77. The van der Waals surface area contributed by atoms with E-state index in [4.69, 9.17) is 26.2 Å². The average molecular weight is 349 g/mol. The van der Waals surface area contributed by atoms with Gasteiger partial charge in [-0.25, -0.2) is 0 Å². The number of carboxylic acid groups (broad SMARTS) is 1. The van der Waals surface area contributed by atoms with Gasteiger partial charge in [-0.05, 0) is 56.2 Å². The van der Waals surface area contributed by atoms with Crippen molar-refractivity contribution in [3.8, 4) is 11.5 Å². The van der Waals surface area contributed by atoms with Crippen LogP contribution in [-0.2, 0) is 11.4 Å². The molecule has 0 aliphatic carbocycles. The van der Waals surface area contributed by atoms with E-state index in [1.54, 1.807) is 25.1 Å². The van der Waals surface area contributed by atoms with Crippen molar-refractivity contribution in [2.45, 2.75) is 39.4 Å². The molecule has 24 heavy (non-hydrogen) atoms. The van der Waals surface area contributed by atoms with Crippen LogP contribution in [-0.4, -0.2) is 17.2 Å². The molecule has 1 atom stereocenters. The number of ether oxygens (including phenoxy) is 2. The monoisotopic (exact) mass is 348 g/mol. The molecule has 0 aliphatic heterocycles. The zero-order valence-electron chi connectivity index (χ0n) is 14.0. The molecule has 0 bridgehead atoms. The predicted octanol–water partition coefficient (Wildman–Crippen LogP) is 4.89. The van der Waals surface area contributed by atoms with Gasteiger partial charge in [0.2, 0.25) is 0 Å². The summed E-state index contributed by atoms with van der Waals surface area (Å²) < 4.78 is 11.3. The molecule has 5 heteroatoms. The van der Waals surface area contributed by atoms with Crippen LogP contribution in [0.2, 0.25) is 5.02 Å². The fraction of sp³-hybridized carbons (Fsp3) is 0.316. The van der Waals surface area contributed by atoms with Crippen molar-refractivity contribution in [1.29, 1.82) is 0 Å². The van der Waals surface area contributed by atoms with Crippen LogP contribution < -0.4 is 9.47 Å². The predicted molar refractivity (Wildman–Crippen MR) is 94.0 cm³/mol. The topological polar surface area (TPSA) is 55.8 Å². The van der Waals surface area contributed by atoms with Gasteiger partial charge in [0.15, 0.2) is 0 Å². The van der Waals surface area contributed by atoms with E-state index in [9.17, 15) is 4.79 Å². The van der Waals surface area contributed by atoms with Gasteiger partial charge in [0.05, 0.1) is 17.0 Å². The fourth-order valence-electron chi connectivity index (χ4n) is 2.14. The number of benzene rings is 2. The molecule has 0 aromatic heterocycles. The standard InChI is InChI=1S/C19H21ClO4/c1-12(2)24-16-7-4-14(5-8-16)11-23-18-9-6-15(10-17(18)20)13(3)19(21)22/h4-10,12-13H,11H2,1-3H3,(H,21,22). The Kier molecular flexibility index (Phi) is 6.10. The Bertz CT molecular complexity index is 695. The minimum Gasteiger partial charge on any atom is -0.491 e. The number of carboxylic acids is 1.